The van der Waals surface area contributed by atoms with E-state index in [1.165, 1.54) is 0 Å². The van der Waals surface area contributed by atoms with E-state index in [2.05, 4.69) is 5.32 Å². The zero-order valence-electron chi connectivity index (χ0n) is 10.3. The molecule has 1 aliphatic rings. The van der Waals surface area contributed by atoms with Gasteiger partial charge in [0.15, 0.2) is 0 Å². The highest BCUT2D eigenvalue weighted by Gasteiger charge is 2.49. The Morgan fingerprint density at radius 3 is 1.80 bits per heavy atom. The predicted molar refractivity (Wildman–Crippen MR) is 58.4 cm³/mol. The van der Waals surface area contributed by atoms with Crippen molar-refractivity contribution in [2.24, 2.45) is 5.41 Å². The van der Waals surface area contributed by atoms with Crippen LogP contribution in [0, 0.1) is 5.41 Å². The lowest BCUT2D eigenvalue weighted by Crippen LogP contribution is -2.53. The van der Waals surface area contributed by atoms with Gasteiger partial charge < -0.3 is 4.90 Å². The van der Waals surface area contributed by atoms with E-state index in [1.807, 2.05) is 41.5 Å². The summed E-state index contributed by atoms with van der Waals surface area (Å²) in [7, 11) is 0. The van der Waals surface area contributed by atoms with Crippen LogP contribution in [-0.4, -0.2) is 28.4 Å². The number of nitrogens with zero attached hydrogens (tertiary/aromatic N) is 1. The molecule has 4 nitrogen and oxygen atoms in total. The molecule has 3 amide bonds. The van der Waals surface area contributed by atoms with E-state index in [1.54, 1.807) is 4.90 Å². The molecule has 1 fully saturated rings. The lowest BCUT2D eigenvalue weighted by atomic mass is 9.84. The Kier molecular flexibility index (Phi) is 2.58. The average molecular weight is 212 g/mol. The third-order valence-corrected chi connectivity index (χ3v) is 2.50. The number of imide groups is 1. The minimum absolute atomic E-state index is 0.192. The van der Waals surface area contributed by atoms with Crippen molar-refractivity contribution in [2.75, 3.05) is 0 Å². The van der Waals surface area contributed by atoms with Gasteiger partial charge in [-0.3, -0.25) is 10.1 Å². The second kappa shape index (κ2) is 3.22. The lowest BCUT2D eigenvalue weighted by Gasteiger charge is -2.40. The van der Waals surface area contributed by atoms with Crippen LogP contribution in [-0.2, 0) is 4.79 Å². The van der Waals surface area contributed by atoms with Crippen LogP contribution in [0.4, 0.5) is 4.79 Å². The van der Waals surface area contributed by atoms with Crippen LogP contribution in [0.5, 0.6) is 0 Å². The molecular formula is C11H20N2O2. The molecule has 0 aromatic heterocycles. The van der Waals surface area contributed by atoms with E-state index in [0.29, 0.717) is 0 Å². The highest BCUT2D eigenvalue weighted by atomic mass is 16.2. The molecule has 0 aromatic rings. The zero-order chi connectivity index (χ0) is 12.0. The summed E-state index contributed by atoms with van der Waals surface area (Å²) in [6.45, 7) is 11.7. The van der Waals surface area contributed by atoms with E-state index in [4.69, 9.17) is 0 Å². The first-order valence-electron chi connectivity index (χ1n) is 5.19. The topological polar surface area (TPSA) is 49.4 Å². The molecule has 0 aliphatic carbocycles. The third kappa shape index (κ3) is 2.13. The van der Waals surface area contributed by atoms with Crippen molar-refractivity contribution in [1.82, 2.24) is 10.2 Å². The molecule has 1 heterocycles. The predicted octanol–water partition coefficient (Wildman–Crippen LogP) is 1.75. The Labute approximate surface area is 91.0 Å². The molecule has 0 saturated carbocycles. The fourth-order valence-electron chi connectivity index (χ4n) is 1.94. The minimum Gasteiger partial charge on any atom is -0.307 e. The highest BCUT2D eigenvalue weighted by Crippen LogP contribution is 2.32. The van der Waals surface area contributed by atoms with Crippen LogP contribution in [0.2, 0.25) is 0 Å². The number of carbonyl (C=O) groups is 2. The molecule has 86 valence electrons. The summed E-state index contributed by atoms with van der Waals surface area (Å²) in [6.07, 6.45) is 0. The van der Waals surface area contributed by atoms with Crippen molar-refractivity contribution in [1.29, 1.82) is 0 Å². The van der Waals surface area contributed by atoms with Gasteiger partial charge in [-0.05, 0) is 26.2 Å². The number of rotatable bonds is 0. The summed E-state index contributed by atoms with van der Waals surface area (Å²) in [5.74, 6) is -0.192. The van der Waals surface area contributed by atoms with Crippen LogP contribution < -0.4 is 5.32 Å². The summed E-state index contributed by atoms with van der Waals surface area (Å²) in [5, 5.41) is 2.38. The highest BCUT2D eigenvalue weighted by molar-refractivity contribution is 6.04. The molecule has 0 spiro atoms. The van der Waals surface area contributed by atoms with Crippen molar-refractivity contribution >= 4 is 11.9 Å². The first-order valence-corrected chi connectivity index (χ1v) is 5.19. The van der Waals surface area contributed by atoms with Crippen LogP contribution in [0.25, 0.3) is 0 Å². The molecule has 15 heavy (non-hydrogen) atoms. The van der Waals surface area contributed by atoms with E-state index >= 15 is 0 Å². The Bertz CT molecular complexity index is 267. The van der Waals surface area contributed by atoms with Crippen molar-refractivity contribution in [3.63, 3.8) is 0 Å². The van der Waals surface area contributed by atoms with Crippen LogP contribution in [0.3, 0.4) is 0 Å². The maximum absolute atomic E-state index is 11.7. The molecule has 1 unspecified atom stereocenters. The number of urea groups is 1. The average Bonchev–Trinajstić information content (AvgIpc) is 2.22. The van der Waals surface area contributed by atoms with Gasteiger partial charge >= 0.3 is 6.03 Å². The molecule has 1 aliphatic heterocycles. The molecule has 1 rings (SSSR count). The zero-order valence-corrected chi connectivity index (χ0v) is 10.3. The number of hydrogen-bond acceptors (Lipinski definition) is 2. The molecule has 1 saturated heterocycles. The van der Waals surface area contributed by atoms with Crippen LogP contribution in [0.15, 0.2) is 0 Å². The van der Waals surface area contributed by atoms with Gasteiger partial charge in [-0.25, -0.2) is 4.79 Å². The first-order chi connectivity index (χ1) is 6.55. The summed E-state index contributed by atoms with van der Waals surface area (Å²) in [5.41, 5.74) is -0.586. The Balaban J connectivity index is 3.12. The molecule has 0 radical (unpaired) electrons. The van der Waals surface area contributed by atoms with Gasteiger partial charge in [0.2, 0.25) is 0 Å². The summed E-state index contributed by atoms with van der Waals surface area (Å²) >= 11 is 0. The molecule has 0 bridgehead atoms. The second-order valence-corrected chi connectivity index (χ2v) is 6.10. The van der Waals surface area contributed by atoms with Crippen LogP contribution in [0.1, 0.15) is 41.5 Å². The monoisotopic (exact) mass is 212 g/mol. The molecule has 1 atom stereocenters. The van der Waals surface area contributed by atoms with Crippen molar-refractivity contribution in [3.8, 4) is 0 Å². The van der Waals surface area contributed by atoms with E-state index in [9.17, 15) is 9.59 Å². The Morgan fingerprint density at radius 2 is 1.53 bits per heavy atom. The lowest BCUT2D eigenvalue weighted by molar-refractivity contribution is -0.125. The summed E-state index contributed by atoms with van der Waals surface area (Å²) < 4.78 is 0. The summed E-state index contributed by atoms with van der Waals surface area (Å²) in [6, 6.07) is -0.669. The Morgan fingerprint density at radius 1 is 1.07 bits per heavy atom. The van der Waals surface area contributed by atoms with Gasteiger partial charge in [0.25, 0.3) is 5.91 Å². The normalized spacial score (nSPS) is 23.3. The smallest absolute Gasteiger partial charge is 0.307 e. The van der Waals surface area contributed by atoms with Crippen molar-refractivity contribution in [2.45, 2.75) is 53.1 Å². The standard InChI is InChI=1S/C11H20N2O2/c1-10(2,3)7-8(14)12-9(15)13(7)11(4,5)6/h7H,1-6H3,(H,12,14,15). The number of amides is 3. The van der Waals surface area contributed by atoms with Crippen LogP contribution >= 0.6 is 0 Å². The fourth-order valence-corrected chi connectivity index (χ4v) is 1.94. The quantitative estimate of drug-likeness (QED) is 0.622. The minimum atomic E-state index is -0.384. The molecule has 4 heteroatoms. The first kappa shape index (κ1) is 12.0. The van der Waals surface area contributed by atoms with Crippen molar-refractivity contribution < 1.29 is 9.59 Å². The third-order valence-electron chi connectivity index (χ3n) is 2.50. The largest absolute Gasteiger partial charge is 0.325 e. The Hall–Kier alpha value is -1.06. The van der Waals surface area contributed by atoms with E-state index in [0.717, 1.165) is 0 Å². The fraction of sp³-hybridized carbons (Fsp3) is 0.818. The number of nitrogens with one attached hydrogen (secondary N) is 1. The van der Waals surface area contributed by atoms with Gasteiger partial charge in [0.05, 0.1) is 0 Å². The maximum Gasteiger partial charge on any atom is 0.325 e. The number of hydrogen-bond donors (Lipinski definition) is 1. The van der Waals surface area contributed by atoms with Gasteiger partial charge in [0, 0.05) is 5.54 Å². The van der Waals surface area contributed by atoms with Crippen molar-refractivity contribution in [3.05, 3.63) is 0 Å². The number of carbonyl (C=O) groups excluding carboxylic acids is 2. The molecule has 0 aromatic carbocycles. The van der Waals surface area contributed by atoms with Gasteiger partial charge in [0.1, 0.15) is 6.04 Å². The molecule has 1 N–H and O–H groups in total. The summed E-state index contributed by atoms with van der Waals surface area (Å²) in [4.78, 5) is 25.0. The van der Waals surface area contributed by atoms with E-state index < -0.39 is 0 Å². The van der Waals surface area contributed by atoms with Gasteiger partial charge in [-0.1, -0.05) is 20.8 Å². The van der Waals surface area contributed by atoms with Gasteiger partial charge in [-0.15, -0.1) is 0 Å². The SMILES string of the molecule is CC(C)(C)C1C(=O)NC(=O)N1C(C)(C)C. The molecular weight excluding hydrogens is 192 g/mol. The van der Waals surface area contributed by atoms with E-state index in [-0.39, 0.29) is 28.9 Å². The maximum atomic E-state index is 11.7. The second-order valence-electron chi connectivity index (χ2n) is 6.10. The van der Waals surface area contributed by atoms with Gasteiger partial charge in [-0.2, -0.15) is 0 Å².